The molecule has 1 saturated heterocycles. The fraction of sp³-hybridized carbons (Fsp3) is 0.556. The molecule has 8 heteroatoms. The van der Waals surface area contributed by atoms with Crippen molar-refractivity contribution in [2.24, 2.45) is 0 Å². The van der Waals surface area contributed by atoms with Crippen LogP contribution < -0.4 is 10.6 Å². The van der Waals surface area contributed by atoms with Gasteiger partial charge in [0.15, 0.2) is 0 Å². The molecule has 0 amide bonds. The first-order valence-corrected chi connectivity index (χ1v) is 9.51. The number of rotatable bonds is 2. The second-order valence-electron chi connectivity index (χ2n) is 7.23. The summed E-state index contributed by atoms with van der Waals surface area (Å²) in [7, 11) is 1.41. The molecular weight excluding hydrogens is 354 g/mol. The normalized spacial score (nSPS) is 19.4. The van der Waals surface area contributed by atoms with Gasteiger partial charge in [0.1, 0.15) is 15.5 Å². The van der Waals surface area contributed by atoms with Crippen LogP contribution in [0.1, 0.15) is 34.6 Å². The van der Waals surface area contributed by atoms with Crippen molar-refractivity contribution in [3.8, 4) is 0 Å². The summed E-state index contributed by atoms with van der Waals surface area (Å²) < 4.78 is 16.5. The molecule has 0 aromatic carbocycles. The predicted molar refractivity (Wildman–Crippen MR) is 101 cm³/mol. The van der Waals surface area contributed by atoms with E-state index in [1.165, 1.54) is 18.4 Å². The van der Waals surface area contributed by atoms with Crippen molar-refractivity contribution < 1.29 is 19.0 Å². The molecule has 0 aliphatic carbocycles. The number of nitrogens with two attached hydrogens (primary N) is 1. The van der Waals surface area contributed by atoms with E-state index in [4.69, 9.17) is 19.9 Å². The second-order valence-corrected chi connectivity index (χ2v) is 8.23. The number of aromatic nitrogens is 1. The Kier molecular flexibility index (Phi) is 4.29. The maximum atomic E-state index is 12.5. The summed E-state index contributed by atoms with van der Waals surface area (Å²) in [6, 6.07) is 0. The number of carbonyl (C=O) groups is 1. The minimum absolute atomic E-state index is 0.288. The number of methoxy groups -OCH3 is 1. The van der Waals surface area contributed by atoms with Crippen LogP contribution in [0, 0.1) is 0 Å². The van der Waals surface area contributed by atoms with Crippen LogP contribution in [-0.2, 0) is 27.2 Å². The third kappa shape index (κ3) is 2.82. The number of nitrogens with zero attached hydrogens (tertiary/aromatic N) is 2. The summed E-state index contributed by atoms with van der Waals surface area (Å²) in [5.41, 5.74) is 8.89. The van der Waals surface area contributed by atoms with Gasteiger partial charge < -0.3 is 24.8 Å². The third-order valence-corrected chi connectivity index (χ3v) is 6.02. The van der Waals surface area contributed by atoms with E-state index in [9.17, 15) is 4.79 Å². The van der Waals surface area contributed by atoms with Crippen molar-refractivity contribution in [2.45, 2.75) is 32.5 Å². The molecule has 7 nitrogen and oxygen atoms in total. The molecule has 0 unspecified atom stereocenters. The van der Waals surface area contributed by atoms with E-state index >= 15 is 0 Å². The molecule has 26 heavy (non-hydrogen) atoms. The number of anilines is 2. The highest BCUT2D eigenvalue weighted by molar-refractivity contribution is 7.21. The van der Waals surface area contributed by atoms with E-state index in [1.807, 2.05) is 0 Å². The van der Waals surface area contributed by atoms with Crippen LogP contribution in [0.25, 0.3) is 10.2 Å². The minimum Gasteiger partial charge on any atom is -0.465 e. The Hall–Kier alpha value is -1.90. The first-order valence-electron chi connectivity index (χ1n) is 8.70. The predicted octanol–water partition coefficient (Wildman–Crippen LogP) is 2.35. The van der Waals surface area contributed by atoms with E-state index < -0.39 is 0 Å². The van der Waals surface area contributed by atoms with Crippen LogP contribution in [0.2, 0.25) is 0 Å². The lowest BCUT2D eigenvalue weighted by Gasteiger charge is -2.34. The van der Waals surface area contributed by atoms with Gasteiger partial charge in [-0.3, -0.25) is 0 Å². The van der Waals surface area contributed by atoms with E-state index in [1.54, 1.807) is 0 Å². The van der Waals surface area contributed by atoms with Gasteiger partial charge in [-0.2, -0.15) is 0 Å². The molecule has 0 bridgehead atoms. The molecule has 0 atom stereocenters. The van der Waals surface area contributed by atoms with Crippen LogP contribution >= 0.6 is 11.3 Å². The number of pyridine rings is 1. The number of nitrogen functional groups attached to an aromatic ring is 1. The number of ether oxygens (including phenoxy) is 3. The molecule has 1 fully saturated rings. The van der Waals surface area contributed by atoms with Gasteiger partial charge in [0.2, 0.25) is 0 Å². The van der Waals surface area contributed by atoms with Crippen molar-refractivity contribution in [1.29, 1.82) is 0 Å². The van der Waals surface area contributed by atoms with Crippen LogP contribution in [0.4, 0.5) is 11.5 Å². The minimum atomic E-state index is -0.340. The highest BCUT2D eigenvalue weighted by atomic mass is 32.1. The lowest BCUT2D eigenvalue weighted by molar-refractivity contribution is -0.0394. The van der Waals surface area contributed by atoms with Crippen LogP contribution in [0.15, 0.2) is 0 Å². The van der Waals surface area contributed by atoms with E-state index in [-0.39, 0.29) is 11.6 Å². The maximum absolute atomic E-state index is 12.5. The molecule has 2 aliphatic heterocycles. The molecule has 0 spiro atoms. The van der Waals surface area contributed by atoms with Gasteiger partial charge in [-0.1, -0.05) is 0 Å². The summed E-state index contributed by atoms with van der Waals surface area (Å²) in [6.07, 6.45) is 0.722. The zero-order valence-electron chi connectivity index (χ0n) is 15.3. The molecule has 2 aromatic heterocycles. The topological polar surface area (TPSA) is 86.9 Å². The Bertz CT molecular complexity index is 871. The Morgan fingerprint density at radius 2 is 2.04 bits per heavy atom. The van der Waals surface area contributed by atoms with Crippen molar-refractivity contribution >= 4 is 39.0 Å². The van der Waals surface area contributed by atoms with Gasteiger partial charge >= 0.3 is 5.97 Å². The number of esters is 1. The summed E-state index contributed by atoms with van der Waals surface area (Å²) in [5.74, 6) is 0.141. The fourth-order valence-corrected chi connectivity index (χ4v) is 4.82. The average molecular weight is 377 g/mol. The third-order valence-electron chi connectivity index (χ3n) is 4.97. The molecule has 140 valence electrons. The van der Waals surface area contributed by atoms with Crippen molar-refractivity contribution in [2.75, 3.05) is 44.0 Å². The van der Waals surface area contributed by atoms with E-state index in [2.05, 4.69) is 23.7 Å². The van der Waals surface area contributed by atoms with Crippen molar-refractivity contribution in [3.05, 3.63) is 16.0 Å². The number of carbonyl (C=O) groups excluding carboxylic acids is 1. The summed E-state index contributed by atoms with van der Waals surface area (Å²) in [5, 5.41) is 1.01. The van der Waals surface area contributed by atoms with Crippen LogP contribution in [0.5, 0.6) is 0 Å². The van der Waals surface area contributed by atoms with E-state index in [0.29, 0.717) is 30.5 Å². The molecule has 2 aromatic rings. The first-order chi connectivity index (χ1) is 12.4. The number of hydrogen-bond acceptors (Lipinski definition) is 8. The van der Waals surface area contributed by atoms with Crippen molar-refractivity contribution in [3.63, 3.8) is 0 Å². The quantitative estimate of drug-likeness (QED) is 0.804. The highest BCUT2D eigenvalue weighted by Gasteiger charge is 2.34. The largest absolute Gasteiger partial charge is 0.465 e. The van der Waals surface area contributed by atoms with E-state index in [0.717, 1.165) is 46.5 Å². The Balaban J connectivity index is 2.00. The summed E-state index contributed by atoms with van der Waals surface area (Å²) in [4.78, 5) is 20.6. The first kappa shape index (κ1) is 17.5. The van der Waals surface area contributed by atoms with Crippen molar-refractivity contribution in [1.82, 2.24) is 4.98 Å². The Labute approximate surface area is 156 Å². The molecule has 0 radical (unpaired) electrons. The van der Waals surface area contributed by atoms with Gasteiger partial charge in [0, 0.05) is 30.5 Å². The molecule has 0 saturated carbocycles. The maximum Gasteiger partial charge on any atom is 0.350 e. The van der Waals surface area contributed by atoms with Gasteiger partial charge in [-0.05, 0) is 19.4 Å². The number of morpholine rings is 1. The summed E-state index contributed by atoms with van der Waals surface area (Å²) in [6.45, 7) is 7.31. The zero-order valence-corrected chi connectivity index (χ0v) is 16.1. The Morgan fingerprint density at radius 3 is 2.73 bits per heavy atom. The Morgan fingerprint density at radius 1 is 1.31 bits per heavy atom. The van der Waals surface area contributed by atoms with Gasteiger partial charge in [-0.15, -0.1) is 11.3 Å². The lowest BCUT2D eigenvalue weighted by atomic mass is 9.90. The second kappa shape index (κ2) is 6.37. The van der Waals surface area contributed by atoms with Gasteiger partial charge in [-0.25, -0.2) is 9.78 Å². The van der Waals surface area contributed by atoms with Crippen LogP contribution in [-0.4, -0.2) is 50.0 Å². The molecule has 4 rings (SSSR count). The molecule has 4 heterocycles. The number of hydrogen-bond donors (Lipinski definition) is 1. The standard InChI is InChI=1S/C18H23N3O4S/c1-18(2)8-10-11(9-25-18)15(19)20-16-12(10)13(14(26-16)17(22)23-3)21-4-6-24-7-5-21/h4-9H2,1-3H3,(H2,19,20). The fourth-order valence-electron chi connectivity index (χ4n) is 3.66. The monoisotopic (exact) mass is 377 g/mol. The lowest BCUT2D eigenvalue weighted by Crippen LogP contribution is -2.37. The van der Waals surface area contributed by atoms with Gasteiger partial charge in [0.25, 0.3) is 0 Å². The molecule has 2 N–H and O–H groups in total. The average Bonchev–Trinajstić information content (AvgIpc) is 3.00. The smallest absolute Gasteiger partial charge is 0.350 e. The summed E-state index contributed by atoms with van der Waals surface area (Å²) >= 11 is 1.35. The molecule has 2 aliphatic rings. The number of thiophene rings is 1. The number of fused-ring (bicyclic) bond motifs is 3. The van der Waals surface area contributed by atoms with Crippen LogP contribution in [0.3, 0.4) is 0 Å². The van der Waals surface area contributed by atoms with Gasteiger partial charge in [0.05, 0.1) is 38.2 Å². The molecular formula is C18H23N3O4S. The zero-order chi connectivity index (χ0) is 18.5. The SMILES string of the molecule is COC(=O)c1sc2nc(N)c3c(c2c1N1CCOCC1)CC(C)(C)OC3. The highest BCUT2D eigenvalue weighted by Crippen LogP contribution is 2.45.